The molecular formula is C12H15Cl2NO. The molecule has 0 amide bonds. The molecule has 2 nitrogen and oxygen atoms in total. The molecular weight excluding hydrogens is 245 g/mol. The smallest absolute Gasteiger partial charge is 0.0721 e. The average molecular weight is 260 g/mol. The van der Waals surface area contributed by atoms with Gasteiger partial charge in [0.1, 0.15) is 0 Å². The number of para-hydroxylation sites is 1. The van der Waals surface area contributed by atoms with Crippen LogP contribution in [0, 0.1) is 0 Å². The summed E-state index contributed by atoms with van der Waals surface area (Å²) in [6.45, 7) is 0. The molecule has 0 radical (unpaired) electrons. The topological polar surface area (TPSA) is 32.3 Å². The number of benzene rings is 1. The SMILES string of the molecule is OC1CCC(Nc2c(Cl)cccc2Cl)CC1. The average Bonchev–Trinajstić information content (AvgIpc) is 2.26. The summed E-state index contributed by atoms with van der Waals surface area (Å²) < 4.78 is 0. The standard InChI is InChI=1S/C12H15Cl2NO/c13-10-2-1-3-11(14)12(10)15-8-4-6-9(16)7-5-8/h1-3,8-9,15-16H,4-7H2. The van der Waals surface area contributed by atoms with Crippen molar-refractivity contribution in [1.82, 2.24) is 0 Å². The number of hydrogen-bond acceptors (Lipinski definition) is 2. The summed E-state index contributed by atoms with van der Waals surface area (Å²) in [6, 6.07) is 5.85. The summed E-state index contributed by atoms with van der Waals surface area (Å²) in [7, 11) is 0. The first kappa shape index (κ1) is 12.0. The van der Waals surface area contributed by atoms with E-state index in [0.717, 1.165) is 31.4 Å². The molecule has 1 aromatic rings. The van der Waals surface area contributed by atoms with Crippen LogP contribution in [0.1, 0.15) is 25.7 Å². The minimum atomic E-state index is -0.139. The quantitative estimate of drug-likeness (QED) is 0.849. The van der Waals surface area contributed by atoms with Crippen LogP contribution < -0.4 is 5.32 Å². The third kappa shape index (κ3) is 2.82. The van der Waals surface area contributed by atoms with Crippen molar-refractivity contribution in [2.45, 2.75) is 37.8 Å². The molecule has 0 unspecified atom stereocenters. The normalized spacial score (nSPS) is 25.4. The second kappa shape index (κ2) is 5.26. The van der Waals surface area contributed by atoms with Crippen LogP contribution in [0.5, 0.6) is 0 Å². The predicted molar refractivity (Wildman–Crippen MR) is 68.3 cm³/mol. The second-order valence-electron chi connectivity index (χ2n) is 4.25. The highest BCUT2D eigenvalue weighted by molar-refractivity contribution is 6.39. The molecule has 2 N–H and O–H groups in total. The Morgan fingerprint density at radius 2 is 1.62 bits per heavy atom. The minimum absolute atomic E-state index is 0.139. The number of anilines is 1. The maximum Gasteiger partial charge on any atom is 0.0721 e. The molecule has 0 aliphatic heterocycles. The fraction of sp³-hybridized carbons (Fsp3) is 0.500. The Labute approximate surface area is 106 Å². The highest BCUT2D eigenvalue weighted by Crippen LogP contribution is 2.32. The van der Waals surface area contributed by atoms with E-state index in [0.29, 0.717) is 16.1 Å². The van der Waals surface area contributed by atoms with Crippen molar-refractivity contribution in [3.8, 4) is 0 Å². The van der Waals surface area contributed by atoms with Crippen molar-refractivity contribution in [3.63, 3.8) is 0 Å². The first-order valence-electron chi connectivity index (χ1n) is 5.55. The van der Waals surface area contributed by atoms with Crippen LogP contribution >= 0.6 is 23.2 Å². The van der Waals surface area contributed by atoms with Crippen LogP contribution in [0.25, 0.3) is 0 Å². The zero-order valence-electron chi connectivity index (χ0n) is 8.92. The van der Waals surface area contributed by atoms with Crippen molar-refractivity contribution in [2.24, 2.45) is 0 Å². The lowest BCUT2D eigenvalue weighted by Gasteiger charge is -2.27. The van der Waals surface area contributed by atoms with E-state index in [-0.39, 0.29) is 6.10 Å². The molecule has 0 saturated heterocycles. The van der Waals surface area contributed by atoms with E-state index in [9.17, 15) is 5.11 Å². The summed E-state index contributed by atoms with van der Waals surface area (Å²) in [5.74, 6) is 0. The van der Waals surface area contributed by atoms with Gasteiger partial charge in [-0.3, -0.25) is 0 Å². The molecule has 0 aromatic heterocycles. The summed E-state index contributed by atoms with van der Waals surface area (Å²) in [5.41, 5.74) is 0.812. The summed E-state index contributed by atoms with van der Waals surface area (Å²) in [6.07, 6.45) is 3.48. The minimum Gasteiger partial charge on any atom is -0.393 e. The summed E-state index contributed by atoms with van der Waals surface area (Å²) >= 11 is 12.2. The van der Waals surface area contributed by atoms with E-state index in [4.69, 9.17) is 23.2 Å². The Bertz CT molecular complexity index is 342. The van der Waals surface area contributed by atoms with Gasteiger partial charge in [-0.2, -0.15) is 0 Å². The van der Waals surface area contributed by atoms with E-state index in [1.165, 1.54) is 0 Å². The number of aliphatic hydroxyl groups is 1. The van der Waals surface area contributed by atoms with Gasteiger partial charge in [-0.25, -0.2) is 0 Å². The summed E-state index contributed by atoms with van der Waals surface area (Å²) in [5, 5.41) is 14.1. The Morgan fingerprint density at radius 3 is 2.19 bits per heavy atom. The molecule has 1 fully saturated rings. The van der Waals surface area contributed by atoms with Crippen molar-refractivity contribution in [3.05, 3.63) is 28.2 Å². The van der Waals surface area contributed by atoms with Crippen molar-refractivity contribution >= 4 is 28.9 Å². The molecule has 1 saturated carbocycles. The van der Waals surface area contributed by atoms with Gasteiger partial charge < -0.3 is 10.4 Å². The van der Waals surface area contributed by atoms with E-state index < -0.39 is 0 Å². The monoisotopic (exact) mass is 259 g/mol. The first-order valence-corrected chi connectivity index (χ1v) is 6.31. The van der Waals surface area contributed by atoms with Crippen LogP contribution in [-0.4, -0.2) is 17.3 Å². The Balaban J connectivity index is 2.04. The molecule has 1 aromatic carbocycles. The molecule has 88 valence electrons. The van der Waals surface area contributed by atoms with Crippen LogP contribution in [0.15, 0.2) is 18.2 Å². The molecule has 16 heavy (non-hydrogen) atoms. The maximum absolute atomic E-state index is 9.42. The van der Waals surface area contributed by atoms with E-state index in [1.807, 2.05) is 18.2 Å². The molecule has 1 aliphatic carbocycles. The molecule has 0 atom stereocenters. The number of halogens is 2. The highest BCUT2D eigenvalue weighted by atomic mass is 35.5. The van der Waals surface area contributed by atoms with E-state index >= 15 is 0 Å². The lowest BCUT2D eigenvalue weighted by Crippen LogP contribution is -2.28. The maximum atomic E-state index is 9.42. The van der Waals surface area contributed by atoms with Gasteiger partial charge in [0.05, 0.1) is 21.8 Å². The third-order valence-corrected chi connectivity index (χ3v) is 3.64. The lowest BCUT2D eigenvalue weighted by atomic mass is 9.93. The van der Waals surface area contributed by atoms with Gasteiger partial charge in [0.25, 0.3) is 0 Å². The third-order valence-electron chi connectivity index (χ3n) is 3.01. The van der Waals surface area contributed by atoms with Crippen LogP contribution in [0.2, 0.25) is 10.0 Å². The number of nitrogens with one attached hydrogen (secondary N) is 1. The van der Waals surface area contributed by atoms with Gasteiger partial charge in [0.2, 0.25) is 0 Å². The van der Waals surface area contributed by atoms with Gasteiger partial charge in [0.15, 0.2) is 0 Å². The summed E-state index contributed by atoms with van der Waals surface area (Å²) in [4.78, 5) is 0. The largest absolute Gasteiger partial charge is 0.393 e. The number of hydrogen-bond donors (Lipinski definition) is 2. The lowest BCUT2D eigenvalue weighted by molar-refractivity contribution is 0.126. The first-order chi connectivity index (χ1) is 7.66. The number of aliphatic hydroxyl groups excluding tert-OH is 1. The van der Waals surface area contributed by atoms with E-state index in [2.05, 4.69) is 5.32 Å². The van der Waals surface area contributed by atoms with Gasteiger partial charge in [-0.1, -0.05) is 29.3 Å². The highest BCUT2D eigenvalue weighted by Gasteiger charge is 2.20. The second-order valence-corrected chi connectivity index (χ2v) is 5.06. The Kier molecular flexibility index (Phi) is 3.95. The molecule has 4 heteroatoms. The van der Waals surface area contributed by atoms with E-state index in [1.54, 1.807) is 0 Å². The predicted octanol–water partition coefficient (Wildman–Crippen LogP) is 3.71. The van der Waals surface area contributed by atoms with Gasteiger partial charge in [-0.15, -0.1) is 0 Å². The molecule has 0 bridgehead atoms. The van der Waals surface area contributed by atoms with Crippen LogP contribution in [0.3, 0.4) is 0 Å². The molecule has 0 spiro atoms. The fourth-order valence-corrected chi connectivity index (χ4v) is 2.57. The van der Waals surface area contributed by atoms with Gasteiger partial charge in [-0.05, 0) is 37.8 Å². The molecule has 2 rings (SSSR count). The Morgan fingerprint density at radius 1 is 1.06 bits per heavy atom. The fourth-order valence-electron chi connectivity index (χ4n) is 2.06. The zero-order valence-corrected chi connectivity index (χ0v) is 10.4. The van der Waals surface area contributed by atoms with Crippen molar-refractivity contribution in [1.29, 1.82) is 0 Å². The van der Waals surface area contributed by atoms with Crippen molar-refractivity contribution in [2.75, 3.05) is 5.32 Å². The molecule has 0 heterocycles. The zero-order chi connectivity index (χ0) is 11.5. The van der Waals surface area contributed by atoms with Crippen molar-refractivity contribution < 1.29 is 5.11 Å². The van der Waals surface area contributed by atoms with Gasteiger partial charge in [0, 0.05) is 6.04 Å². The van der Waals surface area contributed by atoms with Crippen LogP contribution in [0.4, 0.5) is 5.69 Å². The van der Waals surface area contributed by atoms with Crippen LogP contribution in [-0.2, 0) is 0 Å². The number of rotatable bonds is 2. The molecule has 1 aliphatic rings. The van der Waals surface area contributed by atoms with Gasteiger partial charge >= 0.3 is 0 Å². The Hall–Kier alpha value is -0.440.